The quantitative estimate of drug-likeness (QED) is 0.203. The van der Waals surface area contributed by atoms with Crippen molar-refractivity contribution in [1.82, 2.24) is 10.4 Å². The molecule has 0 radical (unpaired) electrons. The highest BCUT2D eigenvalue weighted by Gasteiger charge is 2.23. The zero-order valence-corrected chi connectivity index (χ0v) is 14.2. The SMILES string of the molecule is Cc1[nH]c(/C(=N/N)NN)c(Br)c1C(=O)c1cccc(Br)c1. The van der Waals surface area contributed by atoms with E-state index in [0.717, 1.165) is 4.47 Å². The van der Waals surface area contributed by atoms with Gasteiger partial charge in [0.1, 0.15) is 0 Å². The Labute approximate surface area is 138 Å². The van der Waals surface area contributed by atoms with E-state index in [-0.39, 0.29) is 11.6 Å². The van der Waals surface area contributed by atoms with Crippen molar-refractivity contribution in [3.8, 4) is 0 Å². The number of hydrogen-bond donors (Lipinski definition) is 4. The van der Waals surface area contributed by atoms with Gasteiger partial charge in [0.25, 0.3) is 0 Å². The van der Waals surface area contributed by atoms with Crippen molar-refractivity contribution in [3.63, 3.8) is 0 Å². The van der Waals surface area contributed by atoms with Crippen LogP contribution in [0, 0.1) is 6.92 Å². The second-order valence-electron chi connectivity index (χ2n) is 4.28. The maximum atomic E-state index is 12.7. The van der Waals surface area contributed by atoms with Gasteiger partial charge < -0.3 is 16.3 Å². The van der Waals surface area contributed by atoms with Crippen molar-refractivity contribution in [2.24, 2.45) is 16.8 Å². The average Bonchev–Trinajstić information content (AvgIpc) is 2.75. The molecule has 0 spiro atoms. The zero-order valence-electron chi connectivity index (χ0n) is 11.1. The summed E-state index contributed by atoms with van der Waals surface area (Å²) in [6.45, 7) is 1.80. The Morgan fingerprint density at radius 1 is 1.38 bits per heavy atom. The summed E-state index contributed by atoms with van der Waals surface area (Å²) in [6, 6.07) is 7.19. The van der Waals surface area contributed by atoms with Gasteiger partial charge in [-0.05, 0) is 35.0 Å². The molecule has 0 fully saturated rings. The number of benzene rings is 1. The monoisotopic (exact) mass is 413 g/mol. The number of halogens is 2. The predicted molar refractivity (Wildman–Crippen MR) is 88.9 cm³/mol. The standard InChI is InChI=1S/C13H13Br2N5O/c1-6-9(10(15)11(18-6)13(19-16)20-17)12(21)7-3-2-4-8(14)5-7/h2-5,18H,16-17H2,1H3,(H,19,20). The number of nitrogens with two attached hydrogens (primary N) is 2. The largest absolute Gasteiger partial charge is 0.354 e. The molecule has 0 saturated heterocycles. The van der Waals surface area contributed by atoms with E-state index in [0.29, 0.717) is 27.0 Å². The Bertz CT molecular complexity index is 723. The molecule has 6 N–H and O–H groups in total. The van der Waals surface area contributed by atoms with E-state index < -0.39 is 0 Å². The highest BCUT2D eigenvalue weighted by molar-refractivity contribution is 9.10. The minimum absolute atomic E-state index is 0.114. The minimum atomic E-state index is -0.114. The van der Waals surface area contributed by atoms with E-state index >= 15 is 0 Å². The lowest BCUT2D eigenvalue weighted by Crippen LogP contribution is -2.32. The Balaban J connectivity index is 2.53. The van der Waals surface area contributed by atoms with Gasteiger partial charge in [-0.25, -0.2) is 5.84 Å². The molecule has 1 aromatic heterocycles. The van der Waals surface area contributed by atoms with Gasteiger partial charge in [-0.15, -0.1) is 0 Å². The highest BCUT2D eigenvalue weighted by atomic mass is 79.9. The number of hydrogen-bond acceptors (Lipinski definition) is 4. The summed E-state index contributed by atoms with van der Waals surface area (Å²) in [5.74, 6) is 10.8. The first-order valence-electron chi connectivity index (χ1n) is 5.92. The Morgan fingerprint density at radius 3 is 2.67 bits per heavy atom. The molecule has 110 valence electrons. The lowest BCUT2D eigenvalue weighted by Gasteiger charge is -2.03. The summed E-state index contributed by atoms with van der Waals surface area (Å²) in [6.07, 6.45) is 0. The maximum Gasteiger partial charge on any atom is 0.196 e. The third-order valence-electron chi connectivity index (χ3n) is 2.94. The number of carbonyl (C=O) groups excluding carboxylic acids is 1. The van der Waals surface area contributed by atoms with Crippen LogP contribution in [0.3, 0.4) is 0 Å². The highest BCUT2D eigenvalue weighted by Crippen LogP contribution is 2.28. The number of ketones is 1. The minimum Gasteiger partial charge on any atom is -0.354 e. The van der Waals surface area contributed by atoms with E-state index in [4.69, 9.17) is 11.7 Å². The second-order valence-corrected chi connectivity index (χ2v) is 5.98. The van der Waals surface area contributed by atoms with Crippen LogP contribution < -0.4 is 17.1 Å². The van der Waals surface area contributed by atoms with Crippen LogP contribution in [0.4, 0.5) is 0 Å². The zero-order chi connectivity index (χ0) is 15.6. The van der Waals surface area contributed by atoms with Gasteiger partial charge in [-0.3, -0.25) is 4.79 Å². The summed E-state index contributed by atoms with van der Waals surface area (Å²) in [4.78, 5) is 15.7. The second kappa shape index (κ2) is 6.42. The topological polar surface area (TPSA) is 109 Å². The van der Waals surface area contributed by atoms with Crippen molar-refractivity contribution < 1.29 is 4.79 Å². The first-order chi connectivity index (χ1) is 9.99. The number of aromatic nitrogens is 1. The van der Waals surface area contributed by atoms with Gasteiger partial charge in [0.2, 0.25) is 0 Å². The Kier molecular flexibility index (Phi) is 4.81. The van der Waals surface area contributed by atoms with Crippen LogP contribution in [-0.4, -0.2) is 16.6 Å². The molecule has 8 heteroatoms. The molecule has 0 aliphatic heterocycles. The first kappa shape index (κ1) is 15.7. The number of nitrogens with zero attached hydrogens (tertiary/aromatic N) is 1. The van der Waals surface area contributed by atoms with Gasteiger partial charge in [0.05, 0.1) is 15.7 Å². The van der Waals surface area contributed by atoms with Crippen LogP contribution in [0.5, 0.6) is 0 Å². The number of hydrazine groups is 1. The normalized spacial score (nSPS) is 11.5. The fraction of sp³-hybridized carbons (Fsp3) is 0.0769. The lowest BCUT2D eigenvalue weighted by molar-refractivity contribution is 0.103. The maximum absolute atomic E-state index is 12.7. The molecule has 0 saturated carbocycles. The van der Waals surface area contributed by atoms with Crippen LogP contribution in [0.1, 0.15) is 27.3 Å². The molecule has 1 heterocycles. The van der Waals surface area contributed by atoms with Crippen LogP contribution in [0.25, 0.3) is 0 Å². The van der Waals surface area contributed by atoms with Gasteiger partial charge in [0, 0.05) is 15.7 Å². The van der Waals surface area contributed by atoms with Crippen molar-refractivity contribution in [3.05, 3.63) is 55.7 Å². The predicted octanol–water partition coefficient (Wildman–Crippen LogP) is 2.16. The van der Waals surface area contributed by atoms with Gasteiger partial charge >= 0.3 is 0 Å². The summed E-state index contributed by atoms with van der Waals surface area (Å²) in [7, 11) is 0. The third kappa shape index (κ3) is 3.02. The average molecular weight is 415 g/mol. The van der Waals surface area contributed by atoms with E-state index in [1.165, 1.54) is 0 Å². The number of aryl methyl sites for hydroxylation is 1. The van der Waals surface area contributed by atoms with Gasteiger partial charge in [-0.2, -0.15) is 5.10 Å². The first-order valence-corrected chi connectivity index (χ1v) is 7.51. The fourth-order valence-corrected chi connectivity index (χ4v) is 3.14. The molecular formula is C13H13Br2N5O. The summed E-state index contributed by atoms with van der Waals surface area (Å²) < 4.78 is 1.40. The summed E-state index contributed by atoms with van der Waals surface area (Å²) >= 11 is 6.76. The molecule has 2 rings (SSSR count). The van der Waals surface area contributed by atoms with E-state index in [2.05, 4.69) is 47.4 Å². The lowest BCUT2D eigenvalue weighted by atomic mass is 10.0. The number of carbonyl (C=O) groups is 1. The smallest absolute Gasteiger partial charge is 0.196 e. The molecule has 2 aromatic rings. The summed E-state index contributed by atoms with van der Waals surface area (Å²) in [5.41, 5.74) is 4.69. The van der Waals surface area contributed by atoms with Gasteiger partial charge in [0.15, 0.2) is 11.6 Å². The number of amidine groups is 1. The molecular weight excluding hydrogens is 402 g/mol. The van der Waals surface area contributed by atoms with Crippen molar-refractivity contribution >= 4 is 43.5 Å². The van der Waals surface area contributed by atoms with E-state index in [1.54, 1.807) is 19.1 Å². The van der Waals surface area contributed by atoms with Crippen molar-refractivity contribution in [2.75, 3.05) is 0 Å². The number of hydrazone groups is 1. The van der Waals surface area contributed by atoms with E-state index in [1.807, 2.05) is 12.1 Å². The number of nitrogens with one attached hydrogen (secondary N) is 2. The van der Waals surface area contributed by atoms with Crippen molar-refractivity contribution in [2.45, 2.75) is 6.92 Å². The molecule has 0 atom stereocenters. The van der Waals surface area contributed by atoms with Crippen LogP contribution >= 0.6 is 31.9 Å². The third-order valence-corrected chi connectivity index (χ3v) is 4.23. The fourth-order valence-electron chi connectivity index (χ4n) is 1.98. The van der Waals surface area contributed by atoms with Crippen molar-refractivity contribution in [1.29, 1.82) is 0 Å². The molecule has 0 unspecified atom stereocenters. The van der Waals surface area contributed by atoms with Gasteiger partial charge in [-0.1, -0.05) is 28.1 Å². The summed E-state index contributed by atoms with van der Waals surface area (Å²) in [5, 5.41) is 3.54. The molecule has 0 aliphatic carbocycles. The van der Waals surface area contributed by atoms with Crippen LogP contribution in [-0.2, 0) is 0 Å². The molecule has 0 amide bonds. The van der Waals surface area contributed by atoms with Crippen LogP contribution in [0.15, 0.2) is 38.3 Å². The Hall–Kier alpha value is -1.64. The molecule has 6 nitrogen and oxygen atoms in total. The number of aromatic amines is 1. The molecule has 21 heavy (non-hydrogen) atoms. The van der Waals surface area contributed by atoms with E-state index in [9.17, 15) is 4.79 Å². The number of H-pyrrole nitrogens is 1. The van der Waals surface area contributed by atoms with Crippen LogP contribution in [0.2, 0.25) is 0 Å². The number of rotatable bonds is 3. The Morgan fingerprint density at radius 2 is 2.10 bits per heavy atom. The molecule has 0 aliphatic rings. The molecule has 1 aromatic carbocycles. The molecule has 0 bridgehead atoms.